The van der Waals surface area contributed by atoms with E-state index in [2.05, 4.69) is 21.3 Å². The van der Waals surface area contributed by atoms with E-state index in [4.69, 9.17) is 10.5 Å². The van der Waals surface area contributed by atoms with Crippen molar-refractivity contribution in [3.63, 3.8) is 0 Å². The van der Waals surface area contributed by atoms with Gasteiger partial charge >= 0.3 is 0 Å². The second kappa shape index (κ2) is 12.0. The monoisotopic (exact) mass is 521 g/mol. The van der Waals surface area contributed by atoms with Gasteiger partial charge in [0.05, 0.1) is 6.54 Å². The third kappa shape index (κ3) is 6.35. The molecular weight excluding hydrogens is 482 g/mol. The number of hydrogen-bond acceptors (Lipinski definition) is 6. The molecule has 2 aromatic carbocycles. The Bertz CT molecular complexity index is 1260. The van der Waals surface area contributed by atoms with Crippen molar-refractivity contribution >= 4 is 22.7 Å². The number of amides is 2. The van der Waals surface area contributed by atoms with E-state index in [1.807, 2.05) is 39.2 Å². The van der Waals surface area contributed by atoms with E-state index in [0.717, 1.165) is 48.0 Å². The van der Waals surface area contributed by atoms with Gasteiger partial charge in [-0.2, -0.15) is 0 Å². The van der Waals surface area contributed by atoms with Crippen LogP contribution in [0, 0.1) is 12.8 Å². The van der Waals surface area contributed by atoms with E-state index in [0.29, 0.717) is 36.9 Å². The van der Waals surface area contributed by atoms with Crippen molar-refractivity contribution in [2.45, 2.75) is 38.5 Å². The summed E-state index contributed by atoms with van der Waals surface area (Å²) in [6, 6.07) is 14.9. The zero-order valence-corrected chi connectivity index (χ0v) is 22.5. The number of aryl methyl sites for hydroxylation is 1. The number of aliphatic hydroxyl groups is 1. The van der Waals surface area contributed by atoms with Gasteiger partial charge in [-0.25, -0.2) is 0 Å². The van der Waals surface area contributed by atoms with Crippen LogP contribution in [0.25, 0.3) is 10.9 Å². The van der Waals surface area contributed by atoms with Crippen molar-refractivity contribution in [2.24, 2.45) is 11.7 Å². The zero-order valence-electron chi connectivity index (χ0n) is 22.5. The molecule has 0 radical (unpaired) electrons. The minimum absolute atomic E-state index is 0.280. The SMILES string of the molecule is Cc1[nH]c2ccccc2c1COc1ccc(C(=O)NC[C@](O)(C(N)=O)N2CCCC(CN(C)C)CC2)cc1. The highest BCUT2D eigenvalue weighted by Crippen LogP contribution is 2.25. The number of benzene rings is 2. The van der Waals surface area contributed by atoms with Gasteiger partial charge in [-0.05, 0) is 76.5 Å². The summed E-state index contributed by atoms with van der Waals surface area (Å²) in [5.41, 5.74) is 7.30. The Morgan fingerprint density at radius 2 is 1.89 bits per heavy atom. The fourth-order valence-electron chi connectivity index (χ4n) is 5.27. The van der Waals surface area contributed by atoms with Gasteiger partial charge in [0.1, 0.15) is 12.4 Å². The van der Waals surface area contributed by atoms with Crippen LogP contribution in [-0.2, 0) is 11.4 Å². The first kappa shape index (κ1) is 27.6. The molecule has 1 unspecified atom stereocenters. The highest BCUT2D eigenvalue weighted by atomic mass is 16.5. The number of nitrogens with zero attached hydrogens (tertiary/aromatic N) is 2. The Kier molecular flexibility index (Phi) is 8.71. The first-order chi connectivity index (χ1) is 18.2. The number of nitrogens with two attached hydrogens (primary N) is 1. The molecule has 1 fully saturated rings. The average Bonchev–Trinajstić information content (AvgIpc) is 3.04. The molecule has 2 atom stereocenters. The van der Waals surface area contributed by atoms with Crippen molar-refractivity contribution in [2.75, 3.05) is 40.3 Å². The first-order valence-electron chi connectivity index (χ1n) is 13.2. The minimum Gasteiger partial charge on any atom is -0.489 e. The average molecular weight is 522 g/mol. The summed E-state index contributed by atoms with van der Waals surface area (Å²) in [5, 5.41) is 15.0. The van der Waals surface area contributed by atoms with Crippen LogP contribution in [0.15, 0.2) is 48.5 Å². The third-order valence-corrected chi connectivity index (χ3v) is 7.41. The Balaban J connectivity index is 1.34. The van der Waals surface area contributed by atoms with Crippen molar-refractivity contribution in [3.05, 3.63) is 65.4 Å². The van der Waals surface area contributed by atoms with E-state index in [-0.39, 0.29) is 6.54 Å². The molecule has 38 heavy (non-hydrogen) atoms. The lowest BCUT2D eigenvalue weighted by Gasteiger charge is -2.36. The van der Waals surface area contributed by atoms with Gasteiger partial charge in [0, 0.05) is 47.4 Å². The number of carbonyl (C=O) groups is 2. The summed E-state index contributed by atoms with van der Waals surface area (Å²) in [7, 11) is 4.09. The molecule has 9 heteroatoms. The van der Waals surface area contributed by atoms with E-state index in [1.165, 1.54) is 0 Å². The molecule has 9 nitrogen and oxygen atoms in total. The number of ether oxygens (including phenoxy) is 1. The molecule has 1 saturated heterocycles. The lowest BCUT2D eigenvalue weighted by molar-refractivity contribution is -0.159. The number of aromatic amines is 1. The smallest absolute Gasteiger partial charge is 0.266 e. The standard InChI is InChI=1S/C29H39N5O4/c1-20-25(24-8-4-5-9-26(24)32-20)18-38-23-12-10-22(11-13-23)27(35)31-19-29(37,28(30)36)34-15-6-7-21(14-16-34)17-33(2)3/h4-5,8-13,21,32,37H,6-7,14-19H2,1-3H3,(H2,30,36)(H,31,35)/t21?,29-/m0/s1. The Morgan fingerprint density at radius 3 is 2.61 bits per heavy atom. The molecule has 3 aromatic rings. The molecule has 0 saturated carbocycles. The molecule has 4 rings (SSSR count). The number of nitrogens with one attached hydrogen (secondary N) is 2. The molecule has 0 spiro atoms. The van der Waals surface area contributed by atoms with Gasteiger partial charge < -0.3 is 30.8 Å². The van der Waals surface area contributed by atoms with Crippen LogP contribution in [0.1, 0.15) is 40.9 Å². The molecule has 5 N–H and O–H groups in total. The molecule has 1 aromatic heterocycles. The van der Waals surface area contributed by atoms with Crippen molar-refractivity contribution in [1.82, 2.24) is 20.1 Å². The Morgan fingerprint density at radius 1 is 1.16 bits per heavy atom. The minimum atomic E-state index is -1.94. The fraction of sp³-hybridized carbons (Fsp3) is 0.448. The number of para-hydroxylation sites is 1. The zero-order chi connectivity index (χ0) is 27.3. The topological polar surface area (TPSA) is 124 Å². The summed E-state index contributed by atoms with van der Waals surface area (Å²) in [6.45, 7) is 4.18. The highest BCUT2D eigenvalue weighted by Gasteiger charge is 2.41. The summed E-state index contributed by atoms with van der Waals surface area (Å²) in [6.07, 6.45) is 2.72. The summed E-state index contributed by atoms with van der Waals surface area (Å²) in [5.74, 6) is -0.136. The van der Waals surface area contributed by atoms with Gasteiger partial charge in [0.15, 0.2) is 0 Å². The molecule has 1 aliphatic heterocycles. The number of primary amides is 1. The van der Waals surface area contributed by atoms with Crippen molar-refractivity contribution in [3.8, 4) is 5.75 Å². The van der Waals surface area contributed by atoms with Crippen LogP contribution >= 0.6 is 0 Å². The van der Waals surface area contributed by atoms with Crippen LogP contribution in [-0.4, -0.2) is 77.7 Å². The largest absolute Gasteiger partial charge is 0.489 e. The maximum atomic E-state index is 12.8. The molecule has 0 aliphatic carbocycles. The molecule has 0 bridgehead atoms. The van der Waals surface area contributed by atoms with Crippen molar-refractivity contribution in [1.29, 1.82) is 0 Å². The summed E-state index contributed by atoms with van der Waals surface area (Å²) >= 11 is 0. The molecule has 204 valence electrons. The summed E-state index contributed by atoms with van der Waals surface area (Å²) < 4.78 is 5.98. The predicted molar refractivity (Wildman–Crippen MR) is 148 cm³/mol. The lowest BCUT2D eigenvalue weighted by atomic mass is 10.0. The van der Waals surface area contributed by atoms with Crippen LogP contribution in [0.5, 0.6) is 5.75 Å². The Hall–Kier alpha value is -3.40. The fourth-order valence-corrected chi connectivity index (χ4v) is 5.27. The van der Waals surface area contributed by atoms with Gasteiger partial charge in [-0.15, -0.1) is 0 Å². The number of likely N-dealkylation sites (tertiary alicyclic amines) is 1. The number of carbonyl (C=O) groups excluding carboxylic acids is 2. The van der Waals surface area contributed by atoms with Crippen molar-refractivity contribution < 1.29 is 19.4 Å². The number of H-pyrrole nitrogens is 1. The second-order valence-electron chi connectivity index (χ2n) is 10.5. The summed E-state index contributed by atoms with van der Waals surface area (Å²) in [4.78, 5) is 32.4. The maximum absolute atomic E-state index is 12.8. The van der Waals surface area contributed by atoms with Gasteiger partial charge in [0.25, 0.3) is 11.8 Å². The van der Waals surface area contributed by atoms with Crippen LogP contribution in [0.3, 0.4) is 0 Å². The quantitative estimate of drug-likeness (QED) is 0.325. The first-order valence-corrected chi connectivity index (χ1v) is 13.2. The maximum Gasteiger partial charge on any atom is 0.266 e. The van der Waals surface area contributed by atoms with E-state index in [9.17, 15) is 14.7 Å². The molecule has 2 amide bonds. The van der Waals surface area contributed by atoms with E-state index >= 15 is 0 Å². The lowest BCUT2D eigenvalue weighted by Crippen LogP contribution is -2.63. The number of fused-ring (bicyclic) bond motifs is 1. The predicted octanol–water partition coefficient (Wildman–Crippen LogP) is 2.62. The number of hydrogen-bond donors (Lipinski definition) is 4. The van der Waals surface area contributed by atoms with Gasteiger partial charge in [-0.1, -0.05) is 18.2 Å². The number of aromatic nitrogens is 1. The molecular formula is C29H39N5O4. The highest BCUT2D eigenvalue weighted by molar-refractivity contribution is 5.95. The van der Waals surface area contributed by atoms with Gasteiger partial charge in [-0.3, -0.25) is 14.5 Å². The van der Waals surface area contributed by atoms with E-state index < -0.39 is 17.5 Å². The normalized spacial score (nSPS) is 18.2. The molecule has 2 heterocycles. The Labute approximate surface area is 223 Å². The van der Waals surface area contributed by atoms with Crippen LogP contribution in [0.2, 0.25) is 0 Å². The van der Waals surface area contributed by atoms with E-state index in [1.54, 1.807) is 29.2 Å². The number of rotatable bonds is 10. The van der Waals surface area contributed by atoms with Gasteiger partial charge in [0.2, 0.25) is 5.72 Å². The molecule has 1 aliphatic rings. The second-order valence-corrected chi connectivity index (χ2v) is 10.5. The van der Waals surface area contributed by atoms with Crippen LogP contribution in [0.4, 0.5) is 0 Å². The third-order valence-electron chi connectivity index (χ3n) is 7.41. The van der Waals surface area contributed by atoms with Crippen LogP contribution < -0.4 is 15.8 Å².